The molecule has 0 bridgehead atoms. The first-order valence-corrected chi connectivity index (χ1v) is 17.1. The van der Waals surface area contributed by atoms with Crippen molar-refractivity contribution in [1.82, 2.24) is 0 Å². The molecule has 2 aliphatic heterocycles. The average molecular weight is 620 g/mol. The smallest absolute Gasteiger partial charge is 0.0764 e. The Hall–Kier alpha value is -5.31. The van der Waals surface area contributed by atoms with Crippen molar-refractivity contribution in [2.75, 3.05) is 4.90 Å². The second-order valence-electron chi connectivity index (χ2n) is 12.6. The Morgan fingerprint density at radius 1 is 0.426 bits per heavy atom. The highest BCUT2D eigenvalue weighted by Crippen LogP contribution is 2.63. The first kappa shape index (κ1) is 28.0. The molecule has 0 radical (unpaired) electrons. The second kappa shape index (κ2) is 10.9. The van der Waals surface area contributed by atoms with E-state index in [2.05, 4.69) is 183 Å². The van der Waals surface area contributed by atoms with E-state index in [-0.39, 0.29) is 0 Å². The van der Waals surface area contributed by atoms with Gasteiger partial charge in [0.05, 0.1) is 16.8 Å². The van der Waals surface area contributed by atoms with E-state index < -0.39 is 5.41 Å². The highest BCUT2D eigenvalue weighted by Gasteiger charge is 2.50. The molecular weight excluding hydrogens is 587 g/mol. The zero-order valence-electron chi connectivity index (χ0n) is 26.4. The summed E-state index contributed by atoms with van der Waals surface area (Å²) in [4.78, 5) is 5.09. The third-order valence-corrected chi connectivity index (χ3v) is 11.2. The summed E-state index contributed by atoms with van der Waals surface area (Å²) < 4.78 is 0. The van der Waals surface area contributed by atoms with Gasteiger partial charge in [-0.1, -0.05) is 127 Å². The van der Waals surface area contributed by atoms with Crippen molar-refractivity contribution in [1.29, 1.82) is 0 Å². The molecule has 224 valence electrons. The summed E-state index contributed by atoms with van der Waals surface area (Å²) in [5.41, 5.74) is 15.9. The average Bonchev–Trinajstić information content (AvgIpc) is 3.12. The fourth-order valence-corrected chi connectivity index (χ4v) is 9.09. The minimum atomic E-state index is -0.536. The molecule has 0 aliphatic carbocycles. The van der Waals surface area contributed by atoms with Crippen LogP contribution in [0.4, 0.5) is 17.1 Å². The van der Waals surface area contributed by atoms with Gasteiger partial charge in [-0.25, -0.2) is 0 Å². The second-order valence-corrected chi connectivity index (χ2v) is 13.7. The Labute approximate surface area is 281 Å². The number of anilines is 3. The van der Waals surface area contributed by atoms with Gasteiger partial charge < -0.3 is 4.90 Å². The molecular formula is C45H33NS. The number of nitrogens with zero attached hydrogens (tertiary/aromatic N) is 1. The Morgan fingerprint density at radius 2 is 0.872 bits per heavy atom. The highest BCUT2D eigenvalue weighted by molar-refractivity contribution is 7.99. The van der Waals surface area contributed by atoms with Gasteiger partial charge in [0.25, 0.3) is 0 Å². The van der Waals surface area contributed by atoms with Crippen LogP contribution in [0, 0.1) is 13.8 Å². The minimum absolute atomic E-state index is 0.536. The molecule has 47 heavy (non-hydrogen) atoms. The molecule has 1 spiro atoms. The molecule has 0 aromatic heterocycles. The van der Waals surface area contributed by atoms with Crippen molar-refractivity contribution >= 4 is 28.8 Å². The standard InChI is InChI=1S/C45H33NS/c1-30-14-6-8-18-35(30)32-24-26-41-39(28-32)45(37-20-10-12-22-43(37)47-44-23-13-11-21-38(44)45)40-29-33(36-19-9-7-15-31(36)2)25-27-42(40)46(41)34-16-4-3-5-17-34/h3-29H,1-2H3. The van der Waals surface area contributed by atoms with Crippen LogP contribution < -0.4 is 4.90 Å². The summed E-state index contributed by atoms with van der Waals surface area (Å²) in [7, 11) is 0. The van der Waals surface area contributed by atoms with E-state index in [4.69, 9.17) is 0 Å². The van der Waals surface area contributed by atoms with Gasteiger partial charge in [0.15, 0.2) is 0 Å². The summed E-state index contributed by atoms with van der Waals surface area (Å²) in [5.74, 6) is 0. The number of benzene rings is 7. The lowest BCUT2D eigenvalue weighted by Gasteiger charge is -2.49. The van der Waals surface area contributed by atoms with Crippen LogP contribution in [0.15, 0.2) is 174 Å². The minimum Gasteiger partial charge on any atom is -0.310 e. The van der Waals surface area contributed by atoms with E-state index in [0.29, 0.717) is 0 Å². The van der Waals surface area contributed by atoms with Crippen LogP contribution in [0.1, 0.15) is 33.4 Å². The van der Waals surface area contributed by atoms with Gasteiger partial charge in [0.1, 0.15) is 0 Å². The van der Waals surface area contributed by atoms with Gasteiger partial charge in [-0.05, 0) is 118 Å². The third-order valence-electron chi connectivity index (χ3n) is 10.0. The summed E-state index contributed by atoms with van der Waals surface area (Å²) in [6.07, 6.45) is 0. The van der Waals surface area contributed by atoms with Crippen LogP contribution in [0.2, 0.25) is 0 Å². The molecule has 0 fully saturated rings. The van der Waals surface area contributed by atoms with Gasteiger partial charge >= 0.3 is 0 Å². The van der Waals surface area contributed by atoms with Crippen molar-refractivity contribution in [2.24, 2.45) is 0 Å². The van der Waals surface area contributed by atoms with Crippen LogP contribution >= 0.6 is 11.8 Å². The topological polar surface area (TPSA) is 3.24 Å². The summed E-state index contributed by atoms with van der Waals surface area (Å²) >= 11 is 1.89. The fourth-order valence-electron chi connectivity index (χ4n) is 7.90. The monoisotopic (exact) mass is 619 g/mol. The molecule has 7 aromatic rings. The number of aryl methyl sites for hydroxylation is 2. The fraction of sp³-hybridized carbons (Fsp3) is 0.0667. The van der Waals surface area contributed by atoms with E-state index >= 15 is 0 Å². The molecule has 9 rings (SSSR count). The first-order chi connectivity index (χ1) is 23.1. The summed E-state index contributed by atoms with van der Waals surface area (Å²) in [6.45, 7) is 4.43. The van der Waals surface area contributed by atoms with Crippen molar-refractivity contribution in [3.05, 3.63) is 197 Å². The van der Waals surface area contributed by atoms with Gasteiger partial charge in [0, 0.05) is 15.5 Å². The molecule has 2 heteroatoms. The molecule has 2 aliphatic rings. The van der Waals surface area contributed by atoms with Crippen LogP contribution in [0.25, 0.3) is 22.3 Å². The zero-order chi connectivity index (χ0) is 31.5. The maximum Gasteiger partial charge on any atom is 0.0764 e. The quantitative estimate of drug-likeness (QED) is 0.194. The molecule has 0 amide bonds. The molecule has 0 atom stereocenters. The third kappa shape index (κ3) is 4.18. The number of hydrogen-bond acceptors (Lipinski definition) is 2. The highest BCUT2D eigenvalue weighted by atomic mass is 32.2. The maximum absolute atomic E-state index is 2.49. The Balaban J connectivity index is 1.47. The van der Waals surface area contributed by atoms with E-state index in [9.17, 15) is 0 Å². The molecule has 0 N–H and O–H groups in total. The molecule has 0 unspecified atom stereocenters. The zero-order valence-corrected chi connectivity index (χ0v) is 27.3. The lowest BCUT2D eigenvalue weighted by molar-refractivity contribution is 0.692. The van der Waals surface area contributed by atoms with Crippen LogP contribution in [-0.2, 0) is 5.41 Å². The molecule has 2 heterocycles. The predicted molar refractivity (Wildman–Crippen MR) is 197 cm³/mol. The lowest BCUT2D eigenvalue weighted by Crippen LogP contribution is -2.39. The SMILES string of the molecule is Cc1ccccc1-c1ccc2c(c1)C1(c3ccccc3Sc3ccccc31)c1cc(-c3ccccc3C)ccc1N2c1ccccc1. The van der Waals surface area contributed by atoms with Crippen LogP contribution in [0.3, 0.4) is 0 Å². The van der Waals surface area contributed by atoms with Crippen molar-refractivity contribution in [3.8, 4) is 22.3 Å². The van der Waals surface area contributed by atoms with Crippen molar-refractivity contribution < 1.29 is 0 Å². The van der Waals surface area contributed by atoms with E-state index in [1.54, 1.807) is 0 Å². The molecule has 0 saturated carbocycles. The predicted octanol–water partition coefficient (Wildman–Crippen LogP) is 12.3. The summed E-state index contributed by atoms with van der Waals surface area (Å²) in [6, 6.07) is 60.8. The normalized spacial score (nSPS) is 13.8. The maximum atomic E-state index is 2.49. The van der Waals surface area contributed by atoms with E-state index in [1.807, 2.05) is 11.8 Å². The van der Waals surface area contributed by atoms with Crippen molar-refractivity contribution in [3.63, 3.8) is 0 Å². The number of fused-ring (bicyclic) bond motifs is 8. The van der Waals surface area contributed by atoms with Gasteiger partial charge in [-0.15, -0.1) is 0 Å². The Kier molecular flexibility index (Phi) is 6.48. The lowest BCUT2D eigenvalue weighted by atomic mass is 9.61. The number of rotatable bonds is 3. The Morgan fingerprint density at radius 3 is 1.38 bits per heavy atom. The number of hydrogen-bond donors (Lipinski definition) is 0. The van der Waals surface area contributed by atoms with Gasteiger partial charge in [-0.2, -0.15) is 0 Å². The largest absolute Gasteiger partial charge is 0.310 e. The van der Waals surface area contributed by atoms with Crippen LogP contribution in [0.5, 0.6) is 0 Å². The van der Waals surface area contributed by atoms with Crippen LogP contribution in [-0.4, -0.2) is 0 Å². The first-order valence-electron chi connectivity index (χ1n) is 16.3. The molecule has 7 aromatic carbocycles. The van der Waals surface area contributed by atoms with Gasteiger partial charge in [0.2, 0.25) is 0 Å². The Bertz CT molecular complexity index is 2170. The van der Waals surface area contributed by atoms with Gasteiger partial charge in [-0.3, -0.25) is 0 Å². The summed E-state index contributed by atoms with van der Waals surface area (Å²) in [5, 5.41) is 0. The molecule has 1 nitrogen and oxygen atoms in total. The number of para-hydroxylation sites is 1. The van der Waals surface area contributed by atoms with E-state index in [1.165, 1.54) is 76.8 Å². The molecule has 0 saturated heterocycles. The van der Waals surface area contributed by atoms with Crippen molar-refractivity contribution in [2.45, 2.75) is 29.1 Å². The van der Waals surface area contributed by atoms with E-state index in [0.717, 1.165) is 5.69 Å².